The number of carbonyl (C=O) groups excluding carboxylic acids is 1. The Bertz CT molecular complexity index is 980. The first-order valence-corrected chi connectivity index (χ1v) is 7.38. The van der Waals surface area contributed by atoms with Gasteiger partial charge in [-0.2, -0.15) is 0 Å². The highest BCUT2D eigenvalue weighted by atomic mass is 16.3. The average Bonchev–Trinajstić information content (AvgIpc) is 2.83. The number of furan rings is 1. The average molecular weight is 310 g/mol. The Balaban J connectivity index is 1.98. The number of rotatable bonds is 2. The van der Waals surface area contributed by atoms with Gasteiger partial charge in [0.05, 0.1) is 11.1 Å². The van der Waals surface area contributed by atoms with Crippen molar-refractivity contribution in [2.24, 2.45) is 0 Å². The minimum Gasteiger partial charge on any atom is -0.466 e. The van der Waals surface area contributed by atoms with E-state index in [1.165, 1.54) is 0 Å². The van der Waals surface area contributed by atoms with Crippen LogP contribution >= 0.6 is 0 Å². The number of H-pyrrole nitrogens is 1. The number of benzene rings is 1. The fourth-order valence-electron chi connectivity index (χ4n) is 2.70. The molecule has 3 aromatic rings. The molecular formula is C18H18N2O3. The van der Waals surface area contributed by atoms with Crippen molar-refractivity contribution < 1.29 is 9.21 Å². The molecule has 0 bridgehead atoms. The van der Waals surface area contributed by atoms with Crippen LogP contribution in [0.25, 0.3) is 10.9 Å². The molecule has 2 aromatic heterocycles. The predicted octanol–water partition coefficient (Wildman–Crippen LogP) is 3.61. The van der Waals surface area contributed by atoms with Crippen LogP contribution in [0.3, 0.4) is 0 Å². The number of hydrogen-bond acceptors (Lipinski definition) is 3. The van der Waals surface area contributed by atoms with E-state index in [9.17, 15) is 9.59 Å². The van der Waals surface area contributed by atoms with Crippen LogP contribution in [0.4, 0.5) is 5.69 Å². The molecule has 3 rings (SSSR count). The van der Waals surface area contributed by atoms with Crippen molar-refractivity contribution in [3.8, 4) is 0 Å². The number of aryl methyl sites for hydroxylation is 3. The van der Waals surface area contributed by atoms with Crippen LogP contribution in [0.2, 0.25) is 0 Å². The van der Waals surface area contributed by atoms with Gasteiger partial charge in [-0.15, -0.1) is 0 Å². The van der Waals surface area contributed by atoms with E-state index in [1.807, 2.05) is 19.1 Å². The van der Waals surface area contributed by atoms with E-state index >= 15 is 0 Å². The normalized spacial score (nSPS) is 11.0. The van der Waals surface area contributed by atoms with Gasteiger partial charge in [-0.05, 0) is 51.5 Å². The molecule has 118 valence electrons. The van der Waals surface area contributed by atoms with E-state index < -0.39 is 0 Å². The van der Waals surface area contributed by atoms with E-state index in [2.05, 4.69) is 10.3 Å². The molecule has 0 spiro atoms. The molecule has 1 amide bonds. The Kier molecular flexibility index (Phi) is 3.56. The van der Waals surface area contributed by atoms with Crippen molar-refractivity contribution in [1.29, 1.82) is 0 Å². The van der Waals surface area contributed by atoms with Gasteiger partial charge in [-0.25, -0.2) is 0 Å². The molecule has 0 saturated carbocycles. The summed E-state index contributed by atoms with van der Waals surface area (Å²) in [5.41, 5.74) is 3.38. The number of pyridine rings is 1. The molecule has 2 N–H and O–H groups in total. The van der Waals surface area contributed by atoms with E-state index in [1.54, 1.807) is 32.9 Å². The number of amides is 1. The van der Waals surface area contributed by atoms with Crippen molar-refractivity contribution in [3.63, 3.8) is 0 Å². The highest BCUT2D eigenvalue weighted by Gasteiger charge is 2.14. The van der Waals surface area contributed by atoms with Gasteiger partial charge in [0, 0.05) is 16.6 Å². The van der Waals surface area contributed by atoms with E-state index in [-0.39, 0.29) is 11.5 Å². The van der Waals surface area contributed by atoms with Gasteiger partial charge in [0.1, 0.15) is 11.5 Å². The summed E-state index contributed by atoms with van der Waals surface area (Å²) in [4.78, 5) is 27.1. The van der Waals surface area contributed by atoms with Gasteiger partial charge >= 0.3 is 0 Å². The molecule has 5 nitrogen and oxygen atoms in total. The maximum atomic E-state index is 12.3. The zero-order valence-corrected chi connectivity index (χ0v) is 13.5. The maximum absolute atomic E-state index is 12.3. The third kappa shape index (κ3) is 2.65. The van der Waals surface area contributed by atoms with Crippen LogP contribution < -0.4 is 10.9 Å². The van der Waals surface area contributed by atoms with Crippen molar-refractivity contribution in [3.05, 3.63) is 62.8 Å². The molecule has 0 aliphatic carbocycles. The van der Waals surface area contributed by atoms with Gasteiger partial charge in [0.25, 0.3) is 11.5 Å². The third-order valence-electron chi connectivity index (χ3n) is 4.12. The van der Waals surface area contributed by atoms with Gasteiger partial charge in [0.2, 0.25) is 0 Å². The molecule has 0 saturated heterocycles. The summed E-state index contributed by atoms with van der Waals surface area (Å²) in [6, 6.07) is 7.20. The monoisotopic (exact) mass is 310 g/mol. The van der Waals surface area contributed by atoms with Crippen LogP contribution in [0.1, 0.15) is 33.0 Å². The summed E-state index contributed by atoms with van der Waals surface area (Å²) < 4.78 is 5.38. The first-order valence-electron chi connectivity index (χ1n) is 7.38. The summed E-state index contributed by atoms with van der Waals surface area (Å²) >= 11 is 0. The lowest BCUT2D eigenvalue weighted by molar-refractivity contribution is 0.102. The molecule has 0 aliphatic heterocycles. The third-order valence-corrected chi connectivity index (χ3v) is 4.12. The Hall–Kier alpha value is -2.82. The lowest BCUT2D eigenvalue weighted by Crippen LogP contribution is -2.13. The number of fused-ring (bicyclic) bond motifs is 1. The molecule has 0 aliphatic rings. The highest BCUT2D eigenvalue weighted by Crippen LogP contribution is 2.22. The largest absolute Gasteiger partial charge is 0.466 e. The first kappa shape index (κ1) is 15.1. The molecule has 1 aromatic carbocycles. The SMILES string of the molecule is Cc1cc(C(=O)Nc2ccc3c(C)c(C)c(=O)[nH]c3c2)c(C)o1. The first-order chi connectivity index (χ1) is 10.9. The molecule has 0 atom stereocenters. The molecule has 0 radical (unpaired) electrons. The number of aromatic amines is 1. The van der Waals surface area contributed by atoms with Gasteiger partial charge < -0.3 is 14.7 Å². The molecule has 23 heavy (non-hydrogen) atoms. The Labute approximate surface area is 133 Å². The van der Waals surface area contributed by atoms with E-state index in [0.717, 1.165) is 10.9 Å². The second-order valence-electron chi connectivity index (χ2n) is 5.75. The van der Waals surface area contributed by atoms with Crippen LogP contribution in [0, 0.1) is 27.7 Å². The molecular weight excluding hydrogens is 292 g/mol. The molecule has 2 heterocycles. The van der Waals surface area contributed by atoms with Crippen LogP contribution in [-0.2, 0) is 0 Å². The fraction of sp³-hybridized carbons (Fsp3) is 0.222. The molecule has 0 unspecified atom stereocenters. The van der Waals surface area contributed by atoms with Gasteiger partial charge in [0.15, 0.2) is 0 Å². The second kappa shape index (κ2) is 5.43. The maximum Gasteiger partial charge on any atom is 0.259 e. The minimum atomic E-state index is -0.232. The Morgan fingerprint density at radius 1 is 1.09 bits per heavy atom. The Morgan fingerprint density at radius 3 is 2.48 bits per heavy atom. The predicted molar refractivity (Wildman–Crippen MR) is 90.2 cm³/mol. The quantitative estimate of drug-likeness (QED) is 0.759. The van der Waals surface area contributed by atoms with Gasteiger partial charge in [-0.3, -0.25) is 9.59 Å². The fourth-order valence-corrected chi connectivity index (χ4v) is 2.70. The van der Waals surface area contributed by atoms with Crippen LogP contribution in [0.5, 0.6) is 0 Å². The number of nitrogens with one attached hydrogen (secondary N) is 2. The summed E-state index contributed by atoms with van der Waals surface area (Å²) in [5, 5.41) is 3.81. The van der Waals surface area contributed by atoms with E-state index in [0.29, 0.717) is 33.9 Å². The zero-order chi connectivity index (χ0) is 16.7. The smallest absolute Gasteiger partial charge is 0.259 e. The number of aromatic nitrogens is 1. The topological polar surface area (TPSA) is 75.1 Å². The second-order valence-corrected chi connectivity index (χ2v) is 5.75. The zero-order valence-electron chi connectivity index (χ0n) is 13.5. The number of anilines is 1. The van der Waals surface area contributed by atoms with Gasteiger partial charge in [-0.1, -0.05) is 6.07 Å². The summed E-state index contributed by atoms with van der Waals surface area (Å²) in [6.07, 6.45) is 0. The van der Waals surface area contributed by atoms with Crippen molar-refractivity contribution in [2.45, 2.75) is 27.7 Å². The Morgan fingerprint density at radius 2 is 1.83 bits per heavy atom. The lowest BCUT2D eigenvalue weighted by atomic mass is 10.1. The summed E-state index contributed by atoms with van der Waals surface area (Å²) in [5.74, 6) is 1.05. The van der Waals surface area contributed by atoms with Crippen molar-refractivity contribution in [2.75, 3.05) is 5.32 Å². The van der Waals surface area contributed by atoms with Crippen molar-refractivity contribution >= 4 is 22.5 Å². The van der Waals surface area contributed by atoms with Crippen LogP contribution in [-0.4, -0.2) is 10.9 Å². The lowest BCUT2D eigenvalue weighted by Gasteiger charge is -2.09. The number of hydrogen-bond donors (Lipinski definition) is 2. The molecule has 5 heteroatoms. The molecule has 0 fully saturated rings. The van der Waals surface area contributed by atoms with E-state index in [4.69, 9.17) is 4.42 Å². The van der Waals surface area contributed by atoms with Crippen LogP contribution in [0.15, 0.2) is 33.5 Å². The highest BCUT2D eigenvalue weighted by molar-refractivity contribution is 6.05. The van der Waals surface area contributed by atoms with Crippen molar-refractivity contribution in [1.82, 2.24) is 4.98 Å². The summed E-state index contributed by atoms with van der Waals surface area (Å²) in [6.45, 7) is 7.28. The summed E-state index contributed by atoms with van der Waals surface area (Å²) in [7, 11) is 0. The number of carbonyl (C=O) groups is 1. The minimum absolute atomic E-state index is 0.111. The standard InChI is InChI=1S/C18H18N2O3/c1-9-7-15(12(4)23-9)18(22)19-13-5-6-14-10(2)11(3)17(21)20-16(14)8-13/h5-8H,1-4H3,(H,19,22)(H,20,21).